The molecule has 9 heteroatoms. The van der Waals surface area contributed by atoms with Gasteiger partial charge in [0.05, 0.1) is 20.0 Å². The summed E-state index contributed by atoms with van der Waals surface area (Å²) < 4.78 is 6.87. The average molecular weight is 500 g/mol. The van der Waals surface area contributed by atoms with E-state index in [0.29, 0.717) is 13.1 Å². The van der Waals surface area contributed by atoms with Crippen LogP contribution in [0, 0.1) is 0 Å². The van der Waals surface area contributed by atoms with Crippen LogP contribution in [0.5, 0.6) is 5.75 Å². The Balaban J connectivity index is 1.27. The third-order valence-electron chi connectivity index (χ3n) is 7.62. The highest BCUT2D eigenvalue weighted by Gasteiger charge is 2.54. The van der Waals surface area contributed by atoms with Crippen molar-refractivity contribution < 1.29 is 19.1 Å². The Hall–Kier alpha value is -4.14. The fourth-order valence-corrected chi connectivity index (χ4v) is 5.50. The van der Waals surface area contributed by atoms with Crippen LogP contribution in [-0.2, 0) is 24.3 Å². The molecule has 3 amide bonds. The smallest absolute Gasteiger partial charge is 0.279 e. The van der Waals surface area contributed by atoms with Crippen molar-refractivity contribution in [3.05, 3.63) is 77.4 Å². The summed E-state index contributed by atoms with van der Waals surface area (Å²) in [5.41, 5.74) is 2.21. The molecule has 1 unspecified atom stereocenters. The molecule has 37 heavy (non-hydrogen) atoms. The van der Waals surface area contributed by atoms with Gasteiger partial charge < -0.3 is 24.4 Å². The van der Waals surface area contributed by atoms with Gasteiger partial charge in [0, 0.05) is 24.8 Å². The van der Waals surface area contributed by atoms with Gasteiger partial charge in [-0.05, 0) is 55.5 Å². The van der Waals surface area contributed by atoms with E-state index in [1.54, 1.807) is 28.4 Å². The van der Waals surface area contributed by atoms with E-state index in [1.807, 2.05) is 48.5 Å². The fraction of sp³-hybridized carbons (Fsp3) is 0.357. The molecular weight excluding hydrogens is 470 g/mol. The number of benzene rings is 2. The summed E-state index contributed by atoms with van der Waals surface area (Å²) in [4.78, 5) is 48.8. The number of methoxy groups -OCH3 is 1. The first-order chi connectivity index (χ1) is 17.9. The van der Waals surface area contributed by atoms with Crippen molar-refractivity contribution in [3.8, 4) is 5.75 Å². The maximum Gasteiger partial charge on any atom is 0.279 e. The number of hydrogen-bond donors (Lipinski definition) is 1. The van der Waals surface area contributed by atoms with Gasteiger partial charge in [0.2, 0.25) is 5.91 Å². The number of aromatic nitrogens is 2. The molecule has 9 nitrogen and oxygen atoms in total. The molecule has 0 bridgehead atoms. The van der Waals surface area contributed by atoms with Crippen molar-refractivity contribution in [1.82, 2.24) is 19.8 Å². The largest absolute Gasteiger partial charge is 0.497 e. The second-order valence-electron chi connectivity index (χ2n) is 10.1. The van der Waals surface area contributed by atoms with E-state index < -0.39 is 5.54 Å². The van der Waals surface area contributed by atoms with Crippen molar-refractivity contribution in [2.45, 2.75) is 50.9 Å². The second-order valence-corrected chi connectivity index (χ2v) is 10.1. The topological polar surface area (TPSA) is 96.8 Å². The minimum atomic E-state index is -1.10. The monoisotopic (exact) mass is 499 g/mol. The van der Waals surface area contributed by atoms with E-state index in [-0.39, 0.29) is 41.7 Å². The van der Waals surface area contributed by atoms with Crippen LogP contribution in [0.15, 0.2) is 54.9 Å². The lowest BCUT2D eigenvalue weighted by Crippen LogP contribution is -2.64. The zero-order valence-electron chi connectivity index (χ0n) is 20.9. The van der Waals surface area contributed by atoms with Crippen LogP contribution in [-0.4, -0.2) is 57.4 Å². The van der Waals surface area contributed by atoms with Crippen LogP contribution >= 0.6 is 0 Å². The summed E-state index contributed by atoms with van der Waals surface area (Å²) in [6, 6.07) is 15.3. The summed E-state index contributed by atoms with van der Waals surface area (Å²) >= 11 is 0. The molecule has 1 aliphatic carbocycles. The summed E-state index contributed by atoms with van der Waals surface area (Å²) in [5, 5.41) is 3.01. The zero-order chi connectivity index (χ0) is 25.7. The van der Waals surface area contributed by atoms with Crippen LogP contribution < -0.4 is 15.0 Å². The number of imidazole rings is 1. The standard InChI is InChI=1S/C28H29N5O4/c1-28(27(36)29-15-18-7-11-21(37-2)12-8-18)16-31-17-30-23(24(31)26(35)33(28)20-9-10-20)25(34)32-14-13-19-5-3-4-6-22(19)32/h3-8,11-12,17,20H,9-10,13-16H2,1-2H3,(H,29,36). The van der Waals surface area contributed by atoms with Gasteiger partial charge >= 0.3 is 0 Å². The number of amides is 3. The number of rotatable bonds is 6. The lowest BCUT2D eigenvalue weighted by Gasteiger charge is -2.44. The first-order valence-electron chi connectivity index (χ1n) is 12.6. The highest BCUT2D eigenvalue weighted by atomic mass is 16.5. The molecule has 1 atom stereocenters. The predicted octanol–water partition coefficient (Wildman–Crippen LogP) is 2.79. The number of nitrogens with zero attached hydrogens (tertiary/aromatic N) is 4. The highest BCUT2D eigenvalue weighted by Crippen LogP contribution is 2.39. The molecule has 190 valence electrons. The average Bonchev–Trinajstić information content (AvgIpc) is 3.49. The molecule has 0 spiro atoms. The van der Waals surface area contributed by atoms with Crippen molar-refractivity contribution in [2.24, 2.45) is 0 Å². The highest BCUT2D eigenvalue weighted by molar-refractivity contribution is 6.13. The van der Waals surface area contributed by atoms with Crippen molar-refractivity contribution >= 4 is 23.4 Å². The number of hydrogen-bond acceptors (Lipinski definition) is 5. The minimum Gasteiger partial charge on any atom is -0.497 e. The van der Waals surface area contributed by atoms with Crippen molar-refractivity contribution in [2.75, 3.05) is 18.6 Å². The number of nitrogens with one attached hydrogen (secondary N) is 1. The number of ether oxygens (including phenoxy) is 1. The zero-order valence-corrected chi connectivity index (χ0v) is 20.9. The van der Waals surface area contributed by atoms with E-state index in [1.165, 1.54) is 6.33 Å². The summed E-state index contributed by atoms with van der Waals surface area (Å²) in [7, 11) is 1.61. The third-order valence-corrected chi connectivity index (χ3v) is 7.62. The summed E-state index contributed by atoms with van der Waals surface area (Å²) in [5.74, 6) is -0.0842. The van der Waals surface area contributed by atoms with E-state index >= 15 is 0 Å². The molecule has 1 fully saturated rings. The number of carbonyl (C=O) groups excluding carboxylic acids is 3. The molecule has 1 aromatic heterocycles. The number of carbonyl (C=O) groups is 3. The molecule has 0 radical (unpaired) electrons. The normalized spacial score (nSPS) is 20.4. The maximum atomic E-state index is 13.9. The molecule has 2 aliphatic heterocycles. The Morgan fingerprint density at radius 1 is 1.14 bits per heavy atom. The molecule has 1 N–H and O–H groups in total. The van der Waals surface area contributed by atoms with Gasteiger partial charge in [-0.25, -0.2) is 4.98 Å². The fourth-order valence-electron chi connectivity index (χ4n) is 5.50. The quantitative estimate of drug-likeness (QED) is 0.563. The van der Waals surface area contributed by atoms with Crippen LogP contribution in [0.4, 0.5) is 5.69 Å². The maximum absolute atomic E-state index is 13.9. The summed E-state index contributed by atoms with van der Waals surface area (Å²) in [6.45, 7) is 2.92. The van der Waals surface area contributed by atoms with Crippen LogP contribution in [0.2, 0.25) is 0 Å². The molecular formula is C28H29N5O4. The molecule has 3 heterocycles. The number of para-hydroxylation sites is 1. The molecule has 3 aliphatic rings. The molecule has 3 aromatic rings. The number of anilines is 1. The SMILES string of the molecule is COc1ccc(CNC(=O)C2(C)Cn3cnc(C(=O)N4CCc5ccccc54)c3C(=O)N2C2CC2)cc1. The van der Waals surface area contributed by atoms with E-state index in [2.05, 4.69) is 10.3 Å². The lowest BCUT2D eigenvalue weighted by atomic mass is 9.93. The first kappa shape index (κ1) is 23.3. The van der Waals surface area contributed by atoms with Gasteiger partial charge in [0.25, 0.3) is 11.8 Å². The lowest BCUT2D eigenvalue weighted by molar-refractivity contribution is -0.133. The van der Waals surface area contributed by atoms with E-state index in [9.17, 15) is 14.4 Å². The second kappa shape index (κ2) is 8.76. The van der Waals surface area contributed by atoms with Crippen molar-refractivity contribution in [1.29, 1.82) is 0 Å². The van der Waals surface area contributed by atoms with Gasteiger partial charge in [0.1, 0.15) is 17.0 Å². The Morgan fingerprint density at radius 3 is 2.62 bits per heavy atom. The first-order valence-corrected chi connectivity index (χ1v) is 12.6. The van der Waals surface area contributed by atoms with Gasteiger partial charge in [-0.1, -0.05) is 30.3 Å². The Labute approximate surface area is 215 Å². The van der Waals surface area contributed by atoms with Crippen LogP contribution in [0.1, 0.15) is 51.9 Å². The molecule has 1 saturated carbocycles. The van der Waals surface area contributed by atoms with Gasteiger partial charge in [-0.3, -0.25) is 14.4 Å². The van der Waals surface area contributed by atoms with Crippen LogP contribution in [0.3, 0.4) is 0 Å². The van der Waals surface area contributed by atoms with E-state index in [4.69, 9.17) is 4.74 Å². The third kappa shape index (κ3) is 3.85. The predicted molar refractivity (Wildman–Crippen MR) is 136 cm³/mol. The Morgan fingerprint density at radius 2 is 1.89 bits per heavy atom. The molecule has 6 rings (SSSR count). The van der Waals surface area contributed by atoms with Crippen LogP contribution in [0.25, 0.3) is 0 Å². The minimum absolute atomic E-state index is 0.0247. The van der Waals surface area contributed by atoms with Gasteiger partial charge in [0.15, 0.2) is 5.69 Å². The number of fused-ring (bicyclic) bond motifs is 2. The Kier molecular flexibility index (Phi) is 5.51. The van der Waals surface area contributed by atoms with Gasteiger partial charge in [-0.15, -0.1) is 0 Å². The summed E-state index contributed by atoms with van der Waals surface area (Å²) in [6.07, 6.45) is 3.96. The Bertz CT molecular complexity index is 1390. The van der Waals surface area contributed by atoms with E-state index in [0.717, 1.165) is 41.8 Å². The molecule has 0 saturated heterocycles. The van der Waals surface area contributed by atoms with Crippen molar-refractivity contribution in [3.63, 3.8) is 0 Å². The van der Waals surface area contributed by atoms with Gasteiger partial charge in [-0.2, -0.15) is 0 Å². The molecule has 2 aromatic carbocycles.